The summed E-state index contributed by atoms with van der Waals surface area (Å²) in [6.07, 6.45) is 2.21. The van der Waals surface area contributed by atoms with Gasteiger partial charge >= 0.3 is 0 Å². The monoisotopic (exact) mass is 274 g/mol. The number of aryl methyl sites for hydroxylation is 2. The topological polar surface area (TPSA) is 83.6 Å². The second kappa shape index (κ2) is 4.99. The molecule has 1 N–H and O–H groups in total. The van der Waals surface area contributed by atoms with Gasteiger partial charge in [-0.2, -0.15) is 4.31 Å². The van der Waals surface area contributed by atoms with Crippen molar-refractivity contribution in [1.82, 2.24) is 9.46 Å². The fraction of sp³-hybridized carbons (Fsp3) is 0.727. The van der Waals surface area contributed by atoms with E-state index in [0.717, 1.165) is 12.8 Å². The van der Waals surface area contributed by atoms with Crippen LogP contribution in [0.1, 0.15) is 30.7 Å². The molecule has 0 spiro atoms. The number of aromatic nitrogens is 1. The standard InChI is InChI=1S/C11H18N2O4S/c1-8-11(9(2)17-12-8)18(15,16)13(6-3-7-14)10-4-5-10/h10,14H,3-7H2,1-2H3. The first-order valence-corrected chi connectivity index (χ1v) is 7.48. The zero-order chi connectivity index (χ0) is 13.3. The largest absolute Gasteiger partial charge is 0.396 e. The summed E-state index contributed by atoms with van der Waals surface area (Å²) in [6.45, 7) is 3.55. The van der Waals surface area contributed by atoms with E-state index in [0.29, 0.717) is 24.4 Å². The van der Waals surface area contributed by atoms with Crippen LogP contribution in [0, 0.1) is 13.8 Å². The first-order chi connectivity index (χ1) is 8.48. The first kappa shape index (κ1) is 13.5. The minimum atomic E-state index is -3.56. The van der Waals surface area contributed by atoms with Crippen molar-refractivity contribution < 1.29 is 18.0 Å². The van der Waals surface area contributed by atoms with E-state index in [2.05, 4.69) is 5.16 Å². The van der Waals surface area contributed by atoms with Crippen molar-refractivity contribution >= 4 is 10.0 Å². The number of sulfonamides is 1. The van der Waals surface area contributed by atoms with Crippen molar-refractivity contribution in [3.8, 4) is 0 Å². The predicted molar refractivity (Wildman–Crippen MR) is 64.6 cm³/mol. The quantitative estimate of drug-likeness (QED) is 0.830. The molecule has 0 aromatic carbocycles. The Morgan fingerprint density at radius 3 is 2.56 bits per heavy atom. The highest BCUT2D eigenvalue weighted by Crippen LogP contribution is 2.34. The van der Waals surface area contributed by atoms with Crippen LogP contribution >= 0.6 is 0 Å². The van der Waals surface area contributed by atoms with E-state index in [1.165, 1.54) is 4.31 Å². The maximum atomic E-state index is 12.6. The van der Waals surface area contributed by atoms with Crippen molar-refractivity contribution in [3.63, 3.8) is 0 Å². The summed E-state index contributed by atoms with van der Waals surface area (Å²) in [6, 6.07) is 0.0650. The van der Waals surface area contributed by atoms with Crippen LogP contribution in [0.4, 0.5) is 0 Å². The van der Waals surface area contributed by atoms with Crippen molar-refractivity contribution in [2.75, 3.05) is 13.2 Å². The molecule has 6 nitrogen and oxygen atoms in total. The molecular weight excluding hydrogens is 256 g/mol. The highest BCUT2D eigenvalue weighted by atomic mass is 32.2. The van der Waals surface area contributed by atoms with Gasteiger partial charge in [0, 0.05) is 19.2 Å². The lowest BCUT2D eigenvalue weighted by molar-refractivity contribution is 0.267. The van der Waals surface area contributed by atoms with Gasteiger partial charge in [-0.15, -0.1) is 0 Å². The van der Waals surface area contributed by atoms with E-state index in [-0.39, 0.29) is 17.5 Å². The molecule has 1 fully saturated rings. The Morgan fingerprint density at radius 2 is 2.11 bits per heavy atom. The van der Waals surface area contributed by atoms with Crippen LogP contribution in [-0.2, 0) is 10.0 Å². The molecule has 102 valence electrons. The summed E-state index contributed by atoms with van der Waals surface area (Å²) in [5.41, 5.74) is 0.391. The van der Waals surface area contributed by atoms with Crippen LogP contribution < -0.4 is 0 Å². The highest BCUT2D eigenvalue weighted by Gasteiger charge is 2.40. The van der Waals surface area contributed by atoms with Gasteiger partial charge in [-0.25, -0.2) is 8.42 Å². The van der Waals surface area contributed by atoms with E-state index < -0.39 is 10.0 Å². The van der Waals surface area contributed by atoms with Crippen molar-refractivity contribution in [2.24, 2.45) is 0 Å². The van der Waals surface area contributed by atoms with Gasteiger partial charge in [-0.05, 0) is 33.1 Å². The molecule has 1 aromatic rings. The Balaban J connectivity index is 2.33. The van der Waals surface area contributed by atoms with Gasteiger partial charge in [0.05, 0.1) is 0 Å². The van der Waals surface area contributed by atoms with E-state index in [9.17, 15) is 8.42 Å². The highest BCUT2D eigenvalue weighted by molar-refractivity contribution is 7.89. The molecule has 1 aromatic heterocycles. The van der Waals surface area contributed by atoms with Gasteiger partial charge < -0.3 is 9.63 Å². The average molecular weight is 274 g/mol. The third-order valence-electron chi connectivity index (χ3n) is 3.03. The third-order valence-corrected chi connectivity index (χ3v) is 5.22. The molecule has 0 radical (unpaired) electrons. The minimum Gasteiger partial charge on any atom is -0.396 e. The molecule has 1 saturated carbocycles. The molecule has 1 aliphatic carbocycles. The number of hydrogen-bond donors (Lipinski definition) is 1. The first-order valence-electron chi connectivity index (χ1n) is 6.04. The summed E-state index contributed by atoms with van der Waals surface area (Å²) >= 11 is 0. The van der Waals surface area contributed by atoms with Crippen molar-refractivity contribution in [3.05, 3.63) is 11.5 Å². The molecule has 18 heavy (non-hydrogen) atoms. The van der Waals surface area contributed by atoms with Gasteiger partial charge in [0.25, 0.3) is 0 Å². The number of aliphatic hydroxyl groups is 1. The lowest BCUT2D eigenvalue weighted by atomic mass is 10.4. The summed E-state index contributed by atoms with van der Waals surface area (Å²) in [7, 11) is -3.56. The van der Waals surface area contributed by atoms with Crippen molar-refractivity contribution in [2.45, 2.75) is 44.0 Å². The second-order valence-electron chi connectivity index (χ2n) is 4.58. The van der Waals surface area contributed by atoms with E-state index in [1.807, 2.05) is 0 Å². The van der Waals surface area contributed by atoms with E-state index in [4.69, 9.17) is 9.63 Å². The van der Waals surface area contributed by atoms with Crippen LogP contribution in [0.3, 0.4) is 0 Å². The Bertz CT molecular complexity index is 500. The number of nitrogens with zero attached hydrogens (tertiary/aromatic N) is 2. The van der Waals surface area contributed by atoms with Crippen LogP contribution in [0.5, 0.6) is 0 Å². The molecule has 1 aliphatic rings. The molecule has 2 rings (SSSR count). The minimum absolute atomic E-state index is 0.0136. The van der Waals surface area contributed by atoms with Gasteiger partial charge in [-0.1, -0.05) is 5.16 Å². The number of aliphatic hydroxyl groups excluding tert-OH is 1. The van der Waals surface area contributed by atoms with Crippen molar-refractivity contribution in [1.29, 1.82) is 0 Å². The smallest absolute Gasteiger partial charge is 0.248 e. The normalized spacial score (nSPS) is 16.4. The molecule has 0 atom stereocenters. The fourth-order valence-electron chi connectivity index (χ4n) is 2.05. The van der Waals surface area contributed by atoms with E-state index >= 15 is 0 Å². The van der Waals surface area contributed by atoms with Crippen LogP contribution in [0.15, 0.2) is 9.42 Å². The second-order valence-corrected chi connectivity index (χ2v) is 6.40. The molecular formula is C11H18N2O4S. The van der Waals surface area contributed by atoms with Crippen LogP contribution in [0.2, 0.25) is 0 Å². The molecule has 1 heterocycles. The molecule has 0 unspecified atom stereocenters. The molecule has 7 heteroatoms. The maximum Gasteiger partial charge on any atom is 0.248 e. The number of hydrogen-bond acceptors (Lipinski definition) is 5. The summed E-state index contributed by atoms with van der Waals surface area (Å²) in [5.74, 6) is 0.321. The number of rotatable bonds is 6. The predicted octanol–water partition coefficient (Wildman–Crippen LogP) is 0.827. The fourth-order valence-corrected chi connectivity index (χ4v) is 4.07. The lowest BCUT2D eigenvalue weighted by Crippen LogP contribution is -2.35. The van der Waals surface area contributed by atoms with E-state index in [1.54, 1.807) is 13.8 Å². The molecule has 0 bridgehead atoms. The Kier molecular flexibility index (Phi) is 3.74. The Morgan fingerprint density at radius 1 is 1.44 bits per heavy atom. The summed E-state index contributed by atoms with van der Waals surface area (Å²) < 4.78 is 31.5. The average Bonchev–Trinajstić information content (AvgIpc) is 3.05. The summed E-state index contributed by atoms with van der Waals surface area (Å²) in [5, 5.41) is 12.6. The molecule has 0 amide bonds. The Labute approximate surface area is 107 Å². The molecule has 0 saturated heterocycles. The van der Waals surface area contributed by atoms with Gasteiger partial charge in [0.1, 0.15) is 10.6 Å². The SMILES string of the molecule is Cc1noc(C)c1S(=O)(=O)N(CCCO)C1CC1. The molecule has 0 aliphatic heterocycles. The van der Waals surface area contributed by atoms with Crippen LogP contribution in [-0.4, -0.2) is 42.2 Å². The third kappa shape index (κ3) is 2.43. The van der Waals surface area contributed by atoms with Crippen LogP contribution in [0.25, 0.3) is 0 Å². The van der Waals surface area contributed by atoms with Gasteiger partial charge in [0.15, 0.2) is 5.76 Å². The maximum absolute atomic E-state index is 12.6. The zero-order valence-corrected chi connectivity index (χ0v) is 11.4. The van der Waals surface area contributed by atoms with Gasteiger partial charge in [-0.3, -0.25) is 0 Å². The van der Waals surface area contributed by atoms with Gasteiger partial charge in [0.2, 0.25) is 10.0 Å². The Hall–Kier alpha value is -0.920. The lowest BCUT2D eigenvalue weighted by Gasteiger charge is -2.21. The summed E-state index contributed by atoms with van der Waals surface area (Å²) in [4.78, 5) is 0.173. The zero-order valence-electron chi connectivity index (χ0n) is 10.6.